The summed E-state index contributed by atoms with van der Waals surface area (Å²) in [6.45, 7) is 4.09. The Morgan fingerprint density at radius 3 is 2.47 bits per heavy atom. The van der Waals surface area contributed by atoms with Crippen LogP contribution in [0.1, 0.15) is 0 Å². The average Bonchev–Trinajstić information content (AvgIpc) is 2.29. The molecule has 0 aliphatic carbocycles. The van der Waals surface area contributed by atoms with E-state index >= 15 is 0 Å². The van der Waals surface area contributed by atoms with Crippen molar-refractivity contribution >= 4 is 41.0 Å². The lowest BCUT2D eigenvalue weighted by atomic mass is 10.4. The van der Waals surface area contributed by atoms with Gasteiger partial charge in [-0.15, -0.1) is 17.0 Å². The Kier molecular flexibility index (Phi) is 6.84. The number of ether oxygens (including phenoxy) is 1. The van der Waals surface area contributed by atoms with Gasteiger partial charge in [0.15, 0.2) is 0 Å². The summed E-state index contributed by atoms with van der Waals surface area (Å²) in [7, 11) is 0. The van der Waals surface area contributed by atoms with Crippen LogP contribution in [0.2, 0.25) is 0 Å². The van der Waals surface area contributed by atoms with Gasteiger partial charge >= 0.3 is 20.4 Å². The molecule has 0 radical (unpaired) electrons. The molecule has 0 aromatic heterocycles. The van der Waals surface area contributed by atoms with E-state index in [4.69, 9.17) is 4.74 Å². The lowest BCUT2D eigenvalue weighted by Crippen LogP contribution is -2.40. The molecule has 0 unspecified atom stereocenters. The second-order valence-electron chi connectivity index (χ2n) is 3.69. The van der Waals surface area contributed by atoms with Crippen LogP contribution in [0.4, 0.5) is 0 Å². The largest absolute Gasteiger partial charge is 0.429 e. The predicted molar refractivity (Wildman–Crippen MR) is 69.4 cm³/mol. The maximum Gasteiger partial charge on any atom is 0.429 e. The van der Waals surface area contributed by atoms with Gasteiger partial charge in [-0.3, -0.25) is 0 Å². The number of rotatable bonds is 3. The number of hydrogen-bond acceptors (Lipinski definition) is 2. The third kappa shape index (κ3) is 4.83. The summed E-state index contributed by atoms with van der Waals surface area (Å²) < 4.78 is 8.19. The van der Waals surface area contributed by atoms with Crippen molar-refractivity contribution in [3.8, 4) is 0 Å². The molecule has 1 heterocycles. The lowest BCUT2D eigenvalue weighted by molar-refractivity contribution is 0.0464. The zero-order valence-electron chi connectivity index (χ0n) is 8.89. The van der Waals surface area contributed by atoms with Gasteiger partial charge in [0.25, 0.3) is 0 Å². The van der Waals surface area contributed by atoms with Crippen LogP contribution in [0.3, 0.4) is 0 Å². The highest BCUT2D eigenvalue weighted by molar-refractivity contribution is 8.93. The molecule has 4 heteroatoms. The zero-order valence-corrected chi connectivity index (χ0v) is 12.0. The van der Waals surface area contributed by atoms with Crippen LogP contribution in [0.15, 0.2) is 30.3 Å². The average molecular weight is 282 g/mol. The first-order valence-corrected chi connectivity index (χ1v) is 7.00. The number of hydrogen-bond donors (Lipinski definition) is 0. The van der Waals surface area contributed by atoms with Crippen LogP contribution >= 0.6 is 17.0 Å². The second-order valence-corrected chi connectivity index (χ2v) is 5.45. The smallest absolute Gasteiger partial charge is 0.379 e. The van der Waals surface area contributed by atoms with E-state index in [1.807, 2.05) is 0 Å². The fraction of sp³-hybridized carbons (Fsp3) is 0.455. The molecular formula is C11H16BrMgNO. The Hall–Kier alpha value is 0.386. The summed E-state index contributed by atoms with van der Waals surface area (Å²) in [5, 5.41) is 0. The molecule has 1 saturated heterocycles. The van der Waals surface area contributed by atoms with E-state index in [9.17, 15) is 0 Å². The van der Waals surface area contributed by atoms with E-state index in [1.54, 1.807) is 3.69 Å². The SMILES string of the molecule is Br.c1cc[c]([Mg][CH2]N2CCOCC2)cc1. The first-order chi connectivity index (χ1) is 6.95. The van der Waals surface area contributed by atoms with E-state index < -0.39 is 0 Å². The molecule has 0 saturated carbocycles. The normalized spacial score (nSPS) is 16.5. The minimum atomic E-state index is -0.0859. The second kappa shape index (κ2) is 7.63. The topological polar surface area (TPSA) is 12.5 Å². The first kappa shape index (κ1) is 13.5. The third-order valence-corrected chi connectivity index (χ3v) is 4.57. The third-order valence-electron chi connectivity index (χ3n) is 2.66. The summed E-state index contributed by atoms with van der Waals surface area (Å²) in [5.41, 5.74) is 0. The highest BCUT2D eigenvalue weighted by Crippen LogP contribution is 1.94. The molecular weight excluding hydrogens is 266 g/mol. The van der Waals surface area contributed by atoms with E-state index in [1.165, 1.54) is 4.67 Å². The molecule has 0 spiro atoms. The van der Waals surface area contributed by atoms with E-state index in [-0.39, 0.29) is 37.3 Å². The standard InChI is InChI=1S/C6H5.C5H10NO.BrH.Mg/c1-2-4-6-5-3-1;1-6-2-4-7-5-3-6;;/h1-5H;1-5H2;1H;. The van der Waals surface area contributed by atoms with Gasteiger partial charge in [-0.25, -0.2) is 0 Å². The maximum absolute atomic E-state index is 5.33. The summed E-state index contributed by atoms with van der Waals surface area (Å²) >= 11 is -0.0859. The van der Waals surface area contributed by atoms with Crippen LogP contribution in [-0.4, -0.2) is 56.2 Å². The Labute approximate surface area is 111 Å². The molecule has 0 bridgehead atoms. The van der Waals surface area contributed by atoms with E-state index in [2.05, 4.69) is 35.2 Å². The molecule has 1 aromatic rings. The van der Waals surface area contributed by atoms with Crippen molar-refractivity contribution in [1.29, 1.82) is 0 Å². The first-order valence-electron chi connectivity index (χ1n) is 5.29. The molecule has 1 aliphatic rings. The quantitative estimate of drug-likeness (QED) is 0.763. The fourth-order valence-electron chi connectivity index (χ4n) is 1.76. The zero-order chi connectivity index (χ0) is 9.64. The van der Waals surface area contributed by atoms with Gasteiger partial charge in [-0.2, -0.15) is 3.69 Å². The monoisotopic (exact) mass is 281 g/mol. The van der Waals surface area contributed by atoms with Crippen LogP contribution in [0, 0.1) is 0 Å². The minimum absolute atomic E-state index is 0. The van der Waals surface area contributed by atoms with Gasteiger partial charge in [0.05, 0.1) is 13.2 Å². The lowest BCUT2D eigenvalue weighted by Gasteiger charge is -2.26. The molecule has 15 heavy (non-hydrogen) atoms. The fourth-order valence-corrected chi connectivity index (χ4v) is 3.38. The van der Waals surface area contributed by atoms with Crippen LogP contribution < -0.4 is 3.69 Å². The van der Waals surface area contributed by atoms with E-state index in [0.29, 0.717) is 0 Å². The molecule has 80 valence electrons. The summed E-state index contributed by atoms with van der Waals surface area (Å²) in [4.78, 5) is 2.53. The van der Waals surface area contributed by atoms with Crippen molar-refractivity contribution in [3.05, 3.63) is 30.3 Å². The molecule has 2 nitrogen and oxygen atoms in total. The maximum atomic E-state index is 5.33. The summed E-state index contributed by atoms with van der Waals surface area (Å²) in [5.74, 6) is 0. The Balaban J connectivity index is 0.00000112. The number of halogens is 1. The molecule has 0 N–H and O–H groups in total. The summed E-state index contributed by atoms with van der Waals surface area (Å²) in [6, 6.07) is 10.9. The number of morpholine rings is 1. The van der Waals surface area contributed by atoms with Crippen molar-refractivity contribution < 1.29 is 4.74 Å². The van der Waals surface area contributed by atoms with Crippen LogP contribution in [-0.2, 0) is 4.74 Å². The van der Waals surface area contributed by atoms with Gasteiger partial charge in [-0.05, 0) is 0 Å². The minimum Gasteiger partial charge on any atom is -0.379 e. The highest BCUT2D eigenvalue weighted by Gasteiger charge is 2.10. The van der Waals surface area contributed by atoms with Crippen molar-refractivity contribution in [2.75, 3.05) is 31.0 Å². The van der Waals surface area contributed by atoms with Gasteiger partial charge in [0.1, 0.15) is 0 Å². The molecule has 1 aromatic carbocycles. The van der Waals surface area contributed by atoms with Gasteiger partial charge < -0.3 is 9.64 Å². The highest BCUT2D eigenvalue weighted by atomic mass is 79.9. The van der Waals surface area contributed by atoms with Crippen molar-refractivity contribution in [2.24, 2.45) is 0 Å². The molecule has 0 atom stereocenters. The van der Waals surface area contributed by atoms with Gasteiger partial charge in [0, 0.05) is 13.1 Å². The molecule has 0 amide bonds. The van der Waals surface area contributed by atoms with Crippen molar-refractivity contribution in [1.82, 2.24) is 4.90 Å². The van der Waals surface area contributed by atoms with Crippen LogP contribution in [0.5, 0.6) is 0 Å². The van der Waals surface area contributed by atoms with E-state index in [0.717, 1.165) is 26.3 Å². The van der Waals surface area contributed by atoms with Gasteiger partial charge in [-0.1, -0.05) is 35.0 Å². The molecule has 1 fully saturated rings. The Morgan fingerprint density at radius 2 is 1.80 bits per heavy atom. The number of nitrogens with zero attached hydrogens (tertiary/aromatic N) is 1. The Bertz CT molecular complexity index is 265. The summed E-state index contributed by atoms with van der Waals surface area (Å²) in [6.07, 6.45) is 0. The van der Waals surface area contributed by atoms with Crippen molar-refractivity contribution in [2.45, 2.75) is 0 Å². The van der Waals surface area contributed by atoms with Crippen LogP contribution in [0.25, 0.3) is 0 Å². The molecule has 2 rings (SSSR count). The van der Waals surface area contributed by atoms with Gasteiger partial charge in [0.2, 0.25) is 0 Å². The molecule has 1 aliphatic heterocycles. The van der Waals surface area contributed by atoms with Crippen molar-refractivity contribution in [3.63, 3.8) is 0 Å². The number of benzene rings is 1. The Morgan fingerprint density at radius 1 is 1.13 bits per heavy atom. The predicted octanol–water partition coefficient (Wildman–Crippen LogP) is 0.884.